The SMILES string of the molecule is CC1(CCC2(C)C=Cc3c(ccc4ccc(=O)oc34)O2)C=Cc2c(ccc3ccc(=O)oc23)O1. The van der Waals surface area contributed by atoms with Crippen LogP contribution >= 0.6 is 0 Å². The van der Waals surface area contributed by atoms with E-state index >= 15 is 0 Å². The number of rotatable bonds is 3. The second kappa shape index (κ2) is 7.22. The molecule has 6 heteroatoms. The maximum absolute atomic E-state index is 11.7. The largest absolute Gasteiger partial charge is 0.483 e. The number of hydrogen-bond donors (Lipinski definition) is 0. The lowest BCUT2D eigenvalue weighted by atomic mass is 9.87. The first-order valence-corrected chi connectivity index (χ1v) is 11.2. The Morgan fingerprint density at radius 2 is 1.03 bits per heavy atom. The highest BCUT2D eigenvalue weighted by molar-refractivity contribution is 5.90. The molecule has 6 rings (SSSR count). The van der Waals surface area contributed by atoms with Crippen LogP contribution in [0.15, 0.2) is 79.1 Å². The molecular formula is C28H22O6. The maximum Gasteiger partial charge on any atom is 0.336 e. The Labute approximate surface area is 194 Å². The Morgan fingerprint density at radius 3 is 1.47 bits per heavy atom. The van der Waals surface area contributed by atoms with Crippen LogP contribution in [0.25, 0.3) is 34.1 Å². The molecule has 34 heavy (non-hydrogen) atoms. The molecule has 0 N–H and O–H groups in total. The van der Waals surface area contributed by atoms with Crippen molar-refractivity contribution in [2.24, 2.45) is 0 Å². The van der Waals surface area contributed by atoms with Gasteiger partial charge in [-0.05, 0) is 87.4 Å². The minimum absolute atomic E-state index is 0.385. The van der Waals surface area contributed by atoms with E-state index in [1.165, 1.54) is 12.1 Å². The molecule has 2 unspecified atom stereocenters. The van der Waals surface area contributed by atoms with Crippen LogP contribution in [-0.4, -0.2) is 11.2 Å². The zero-order valence-corrected chi connectivity index (χ0v) is 18.8. The summed E-state index contributed by atoms with van der Waals surface area (Å²) in [5.74, 6) is 1.37. The van der Waals surface area contributed by atoms with Crippen LogP contribution in [-0.2, 0) is 0 Å². The van der Waals surface area contributed by atoms with Gasteiger partial charge < -0.3 is 18.3 Å². The van der Waals surface area contributed by atoms with E-state index in [0.29, 0.717) is 35.5 Å². The molecule has 0 aliphatic carbocycles. The Balaban J connectivity index is 1.25. The van der Waals surface area contributed by atoms with Crippen LogP contribution in [0.1, 0.15) is 37.8 Å². The van der Waals surface area contributed by atoms with Crippen LogP contribution in [0, 0.1) is 0 Å². The summed E-state index contributed by atoms with van der Waals surface area (Å²) in [4.78, 5) is 23.4. The van der Waals surface area contributed by atoms with E-state index in [9.17, 15) is 9.59 Å². The lowest BCUT2D eigenvalue weighted by Gasteiger charge is -2.37. The molecule has 0 radical (unpaired) electrons. The second-order valence-corrected chi connectivity index (χ2v) is 9.30. The summed E-state index contributed by atoms with van der Waals surface area (Å²) in [6.45, 7) is 4.06. The maximum atomic E-state index is 11.7. The molecule has 0 saturated heterocycles. The van der Waals surface area contributed by atoms with E-state index in [2.05, 4.69) is 0 Å². The summed E-state index contributed by atoms with van der Waals surface area (Å²) in [5.41, 5.74) is 0.741. The molecule has 2 atom stereocenters. The number of hydrogen-bond acceptors (Lipinski definition) is 6. The molecule has 0 spiro atoms. The van der Waals surface area contributed by atoms with Crippen molar-refractivity contribution in [2.75, 3.05) is 0 Å². The van der Waals surface area contributed by atoms with Gasteiger partial charge in [-0.2, -0.15) is 0 Å². The van der Waals surface area contributed by atoms with E-state index in [1.807, 2.05) is 62.4 Å². The Bertz CT molecular complexity index is 1520. The number of benzene rings is 2. The van der Waals surface area contributed by atoms with Crippen LogP contribution < -0.4 is 20.7 Å². The van der Waals surface area contributed by atoms with Gasteiger partial charge in [0, 0.05) is 22.9 Å². The molecule has 0 fully saturated rings. The summed E-state index contributed by atoms with van der Waals surface area (Å²) in [5, 5.41) is 1.70. The monoisotopic (exact) mass is 454 g/mol. The predicted molar refractivity (Wildman–Crippen MR) is 130 cm³/mol. The highest BCUT2D eigenvalue weighted by Gasteiger charge is 2.35. The average molecular weight is 454 g/mol. The van der Waals surface area contributed by atoms with Gasteiger partial charge >= 0.3 is 11.3 Å². The highest BCUT2D eigenvalue weighted by atomic mass is 16.5. The summed E-state index contributed by atoms with van der Waals surface area (Å²) >= 11 is 0. The minimum Gasteiger partial charge on any atom is -0.483 e. The van der Waals surface area contributed by atoms with Gasteiger partial charge in [-0.15, -0.1) is 0 Å². The second-order valence-electron chi connectivity index (χ2n) is 9.30. The quantitative estimate of drug-likeness (QED) is 0.369. The standard InChI is InChI=1S/C28H22O6/c1-27(13-11-19-21(33-27)7-3-17-5-9-23(29)31-25(17)19)15-16-28(2)14-12-20-22(34-28)8-4-18-6-10-24(30)32-26(18)20/h3-14H,15-16H2,1-2H3. The molecule has 2 aromatic heterocycles. The fourth-order valence-electron chi connectivity index (χ4n) is 4.62. The Morgan fingerprint density at radius 1 is 0.618 bits per heavy atom. The Kier molecular flexibility index (Phi) is 4.36. The summed E-state index contributed by atoms with van der Waals surface area (Å²) in [7, 11) is 0. The zero-order chi connectivity index (χ0) is 23.5. The van der Waals surface area contributed by atoms with Gasteiger partial charge in [-0.25, -0.2) is 9.59 Å². The van der Waals surface area contributed by atoms with Gasteiger partial charge in [0.1, 0.15) is 33.9 Å². The van der Waals surface area contributed by atoms with Crippen LogP contribution in [0.4, 0.5) is 0 Å². The topological polar surface area (TPSA) is 78.9 Å². The molecule has 0 saturated carbocycles. The molecule has 2 aromatic carbocycles. The van der Waals surface area contributed by atoms with Crippen molar-refractivity contribution < 1.29 is 18.3 Å². The van der Waals surface area contributed by atoms with Crippen LogP contribution in [0.2, 0.25) is 0 Å². The third-order valence-electron chi connectivity index (χ3n) is 6.59. The van der Waals surface area contributed by atoms with E-state index in [0.717, 1.165) is 21.9 Å². The summed E-state index contributed by atoms with van der Waals surface area (Å²) in [6.07, 6.45) is 9.33. The third kappa shape index (κ3) is 3.43. The third-order valence-corrected chi connectivity index (χ3v) is 6.59. The fourth-order valence-corrected chi connectivity index (χ4v) is 4.62. The van der Waals surface area contributed by atoms with Gasteiger partial charge in [0.25, 0.3) is 0 Å². The highest BCUT2D eigenvalue weighted by Crippen LogP contribution is 2.41. The van der Waals surface area contributed by atoms with Crippen LogP contribution in [0.5, 0.6) is 11.5 Å². The van der Waals surface area contributed by atoms with Crippen LogP contribution in [0.3, 0.4) is 0 Å². The molecular weight excluding hydrogens is 432 g/mol. The fraction of sp³-hybridized carbons (Fsp3) is 0.214. The molecule has 4 heterocycles. The lowest BCUT2D eigenvalue weighted by Crippen LogP contribution is -2.38. The van der Waals surface area contributed by atoms with Crippen molar-refractivity contribution >= 4 is 34.1 Å². The van der Waals surface area contributed by atoms with E-state index in [4.69, 9.17) is 18.3 Å². The normalized spacial score (nSPS) is 22.8. The van der Waals surface area contributed by atoms with E-state index in [1.54, 1.807) is 12.1 Å². The Hall–Kier alpha value is -4.06. The smallest absolute Gasteiger partial charge is 0.336 e. The molecule has 170 valence electrons. The summed E-state index contributed by atoms with van der Waals surface area (Å²) < 4.78 is 23.6. The van der Waals surface area contributed by atoms with E-state index in [-0.39, 0.29) is 11.3 Å². The van der Waals surface area contributed by atoms with Crippen molar-refractivity contribution in [3.63, 3.8) is 0 Å². The van der Waals surface area contributed by atoms with E-state index < -0.39 is 11.2 Å². The zero-order valence-electron chi connectivity index (χ0n) is 18.8. The number of fused-ring (bicyclic) bond motifs is 6. The van der Waals surface area contributed by atoms with Crippen molar-refractivity contribution in [3.05, 3.63) is 92.7 Å². The lowest BCUT2D eigenvalue weighted by molar-refractivity contribution is 0.0738. The first kappa shape index (κ1) is 20.5. The van der Waals surface area contributed by atoms with Gasteiger partial charge in [-0.3, -0.25) is 0 Å². The molecule has 0 amide bonds. The van der Waals surface area contributed by atoms with Gasteiger partial charge in [-0.1, -0.05) is 0 Å². The van der Waals surface area contributed by atoms with Crippen molar-refractivity contribution in [1.29, 1.82) is 0 Å². The minimum atomic E-state index is -0.549. The predicted octanol–water partition coefficient (Wildman–Crippen LogP) is 5.71. The van der Waals surface area contributed by atoms with Gasteiger partial charge in [0.2, 0.25) is 0 Å². The van der Waals surface area contributed by atoms with Gasteiger partial charge in [0.15, 0.2) is 0 Å². The first-order valence-electron chi connectivity index (χ1n) is 11.2. The van der Waals surface area contributed by atoms with Crippen molar-refractivity contribution in [3.8, 4) is 11.5 Å². The summed E-state index contributed by atoms with van der Waals surface area (Å²) in [6, 6.07) is 13.9. The first-order chi connectivity index (χ1) is 16.3. The number of ether oxygens (including phenoxy) is 2. The van der Waals surface area contributed by atoms with Crippen molar-refractivity contribution in [1.82, 2.24) is 0 Å². The van der Waals surface area contributed by atoms with Gasteiger partial charge in [0.05, 0.1) is 11.1 Å². The average Bonchev–Trinajstić information content (AvgIpc) is 2.82. The molecule has 0 bridgehead atoms. The molecule has 2 aliphatic rings. The van der Waals surface area contributed by atoms with Crippen molar-refractivity contribution in [2.45, 2.75) is 37.9 Å². The molecule has 4 aromatic rings. The molecule has 6 nitrogen and oxygen atoms in total. The molecule has 2 aliphatic heterocycles.